The highest BCUT2D eigenvalue weighted by Gasteiger charge is 2.48. The lowest BCUT2D eigenvalue weighted by Crippen LogP contribution is -2.45. The zero-order valence-electron chi connectivity index (χ0n) is 12.8. The van der Waals surface area contributed by atoms with E-state index in [0.717, 1.165) is 35.5 Å². The van der Waals surface area contributed by atoms with E-state index in [9.17, 15) is 0 Å². The first-order valence-corrected chi connectivity index (χ1v) is 8.87. The molecule has 1 heterocycles. The molecule has 5 rings (SSSR count). The van der Waals surface area contributed by atoms with Gasteiger partial charge in [0.2, 0.25) is 0 Å². The van der Waals surface area contributed by atoms with Crippen LogP contribution in [-0.2, 0) is 0 Å². The van der Waals surface area contributed by atoms with Crippen molar-refractivity contribution >= 4 is 0 Å². The van der Waals surface area contributed by atoms with Gasteiger partial charge in [-0.3, -0.25) is 0 Å². The van der Waals surface area contributed by atoms with Gasteiger partial charge in [0.25, 0.3) is 0 Å². The van der Waals surface area contributed by atoms with E-state index in [1.807, 2.05) is 0 Å². The third-order valence-electron chi connectivity index (χ3n) is 7.36. The Balaban J connectivity index is 1.38. The second kappa shape index (κ2) is 4.48. The Kier molecular flexibility index (Phi) is 2.99. The molecule has 0 radical (unpaired) electrons. The molecule has 5 aliphatic rings. The van der Waals surface area contributed by atoms with Crippen LogP contribution >= 0.6 is 0 Å². The Hall–Kier alpha value is -0.0400. The van der Waals surface area contributed by atoms with Crippen LogP contribution in [0.15, 0.2) is 0 Å². The molecular weight excluding hydrogens is 230 g/mol. The zero-order chi connectivity index (χ0) is 13.0. The van der Waals surface area contributed by atoms with Gasteiger partial charge in [-0.15, -0.1) is 0 Å². The van der Waals surface area contributed by atoms with Crippen LogP contribution < -0.4 is 5.32 Å². The van der Waals surface area contributed by atoms with E-state index in [0.29, 0.717) is 5.54 Å². The second-order valence-electron chi connectivity index (χ2n) is 8.81. The Morgan fingerprint density at radius 2 is 1.53 bits per heavy atom. The molecule has 0 aromatic rings. The van der Waals surface area contributed by atoms with E-state index in [4.69, 9.17) is 0 Å². The molecule has 5 fully saturated rings. The zero-order valence-corrected chi connectivity index (χ0v) is 12.8. The molecule has 4 saturated carbocycles. The first kappa shape index (κ1) is 12.7. The molecule has 19 heavy (non-hydrogen) atoms. The van der Waals surface area contributed by atoms with Crippen LogP contribution in [0.4, 0.5) is 0 Å². The van der Waals surface area contributed by atoms with Crippen molar-refractivity contribution in [3.8, 4) is 0 Å². The maximum atomic E-state index is 3.70. The van der Waals surface area contributed by atoms with Crippen LogP contribution in [0.2, 0.25) is 0 Å². The topological polar surface area (TPSA) is 12.0 Å². The van der Waals surface area contributed by atoms with E-state index >= 15 is 0 Å². The summed E-state index contributed by atoms with van der Waals surface area (Å²) >= 11 is 0. The molecule has 4 bridgehead atoms. The average Bonchev–Trinajstić information content (AvgIpc) is 2.67. The number of nitrogens with one attached hydrogen (secondary N) is 1. The van der Waals surface area contributed by atoms with Gasteiger partial charge in [-0.25, -0.2) is 0 Å². The largest absolute Gasteiger partial charge is 0.312 e. The second-order valence-corrected chi connectivity index (χ2v) is 8.81. The van der Waals surface area contributed by atoms with Gasteiger partial charge in [0.15, 0.2) is 0 Å². The van der Waals surface area contributed by atoms with Crippen molar-refractivity contribution < 1.29 is 0 Å². The summed E-state index contributed by atoms with van der Waals surface area (Å²) in [5, 5.41) is 3.70. The van der Waals surface area contributed by atoms with Gasteiger partial charge in [0.1, 0.15) is 0 Å². The molecule has 1 unspecified atom stereocenters. The maximum Gasteiger partial charge on any atom is 0.0153 e. The minimum absolute atomic E-state index is 0.409. The van der Waals surface area contributed by atoms with Gasteiger partial charge in [-0.05, 0) is 107 Å². The minimum atomic E-state index is 0.409. The van der Waals surface area contributed by atoms with Crippen molar-refractivity contribution in [1.29, 1.82) is 0 Å². The Morgan fingerprint density at radius 1 is 0.895 bits per heavy atom. The van der Waals surface area contributed by atoms with Gasteiger partial charge < -0.3 is 5.32 Å². The highest BCUT2D eigenvalue weighted by atomic mass is 15.0. The molecule has 1 saturated heterocycles. The summed E-state index contributed by atoms with van der Waals surface area (Å²) < 4.78 is 0. The molecule has 0 amide bonds. The highest BCUT2D eigenvalue weighted by Crippen LogP contribution is 2.57. The summed E-state index contributed by atoms with van der Waals surface area (Å²) in [5.41, 5.74) is 0.409. The van der Waals surface area contributed by atoms with Crippen LogP contribution in [-0.4, -0.2) is 12.1 Å². The number of rotatable bonds is 3. The Labute approximate surface area is 118 Å². The van der Waals surface area contributed by atoms with Crippen LogP contribution in [0, 0.1) is 35.5 Å². The molecule has 1 heteroatoms. The summed E-state index contributed by atoms with van der Waals surface area (Å²) in [6, 6.07) is 0. The number of hydrogen-bond donors (Lipinski definition) is 1. The third-order valence-corrected chi connectivity index (χ3v) is 7.36. The van der Waals surface area contributed by atoms with Crippen molar-refractivity contribution in [3.63, 3.8) is 0 Å². The van der Waals surface area contributed by atoms with Crippen molar-refractivity contribution in [2.75, 3.05) is 6.54 Å². The average molecular weight is 261 g/mol. The quantitative estimate of drug-likeness (QED) is 0.802. The summed E-state index contributed by atoms with van der Waals surface area (Å²) in [6.45, 7) is 6.09. The van der Waals surface area contributed by atoms with Gasteiger partial charge in [-0.1, -0.05) is 0 Å². The Bertz CT molecular complexity index is 318. The van der Waals surface area contributed by atoms with E-state index in [-0.39, 0.29) is 0 Å². The summed E-state index contributed by atoms with van der Waals surface area (Å²) in [4.78, 5) is 0. The maximum absolute atomic E-state index is 3.70. The SMILES string of the molecule is CC1(C)NCCC1CCC1C2CC3CC(C2)CC1C3. The van der Waals surface area contributed by atoms with E-state index in [2.05, 4.69) is 19.2 Å². The van der Waals surface area contributed by atoms with Gasteiger partial charge in [-0.2, -0.15) is 0 Å². The highest BCUT2D eigenvalue weighted by molar-refractivity contribution is 4.99. The van der Waals surface area contributed by atoms with Crippen molar-refractivity contribution in [2.24, 2.45) is 35.5 Å². The van der Waals surface area contributed by atoms with E-state index < -0.39 is 0 Å². The predicted octanol–water partition coefficient (Wildman–Crippen LogP) is 4.23. The van der Waals surface area contributed by atoms with Crippen LogP contribution in [0.25, 0.3) is 0 Å². The van der Waals surface area contributed by atoms with E-state index in [1.165, 1.54) is 19.4 Å². The lowest BCUT2D eigenvalue weighted by Gasteiger charge is -2.55. The molecule has 4 aliphatic carbocycles. The summed E-state index contributed by atoms with van der Waals surface area (Å²) in [7, 11) is 0. The molecule has 1 N–H and O–H groups in total. The van der Waals surface area contributed by atoms with Crippen molar-refractivity contribution in [1.82, 2.24) is 5.32 Å². The molecule has 1 nitrogen and oxygen atoms in total. The summed E-state index contributed by atoms with van der Waals surface area (Å²) in [6.07, 6.45) is 12.5. The lowest BCUT2D eigenvalue weighted by molar-refractivity contribution is -0.0423. The van der Waals surface area contributed by atoms with Gasteiger partial charge in [0, 0.05) is 5.54 Å². The first-order valence-electron chi connectivity index (χ1n) is 8.87. The van der Waals surface area contributed by atoms with Crippen LogP contribution in [0.5, 0.6) is 0 Å². The van der Waals surface area contributed by atoms with Crippen molar-refractivity contribution in [3.05, 3.63) is 0 Å². The number of hydrogen-bond acceptors (Lipinski definition) is 1. The molecule has 108 valence electrons. The predicted molar refractivity (Wildman–Crippen MR) is 80.0 cm³/mol. The monoisotopic (exact) mass is 261 g/mol. The fraction of sp³-hybridized carbons (Fsp3) is 1.00. The standard InChI is InChI=1S/C18H31N/c1-18(2)16(5-6-19-18)3-4-17-14-8-12-7-13(10-14)11-15(17)9-12/h12-17,19H,3-11H2,1-2H3. The van der Waals surface area contributed by atoms with Crippen LogP contribution in [0.1, 0.15) is 65.2 Å². The third kappa shape index (κ3) is 2.17. The summed E-state index contributed by atoms with van der Waals surface area (Å²) in [5.74, 6) is 6.60. The molecule has 1 aliphatic heterocycles. The molecular formula is C18H31N. The van der Waals surface area contributed by atoms with Gasteiger partial charge in [0.05, 0.1) is 0 Å². The van der Waals surface area contributed by atoms with Crippen LogP contribution in [0.3, 0.4) is 0 Å². The molecule has 1 atom stereocenters. The first-order chi connectivity index (χ1) is 9.12. The minimum Gasteiger partial charge on any atom is -0.312 e. The van der Waals surface area contributed by atoms with E-state index in [1.54, 1.807) is 38.5 Å². The Morgan fingerprint density at radius 3 is 2.05 bits per heavy atom. The fourth-order valence-electron chi connectivity index (χ4n) is 6.48. The van der Waals surface area contributed by atoms with Gasteiger partial charge >= 0.3 is 0 Å². The molecule has 0 spiro atoms. The lowest BCUT2D eigenvalue weighted by atomic mass is 9.51. The smallest absolute Gasteiger partial charge is 0.0153 e. The molecule has 0 aromatic heterocycles. The molecule has 0 aromatic carbocycles. The normalized spacial score (nSPS) is 50.8. The van der Waals surface area contributed by atoms with Crippen molar-refractivity contribution in [2.45, 2.75) is 70.8 Å². The fourth-order valence-corrected chi connectivity index (χ4v) is 6.48.